The summed E-state index contributed by atoms with van der Waals surface area (Å²) in [4.78, 5) is 14.7. The number of allylic oxidation sites excluding steroid dienone is 1. The third kappa shape index (κ3) is 2.51. The van der Waals surface area contributed by atoms with Crippen molar-refractivity contribution in [3.8, 4) is 0 Å². The number of hydrogen-bond acceptors (Lipinski definition) is 3. The summed E-state index contributed by atoms with van der Waals surface area (Å²) in [5.74, 6) is 0. The summed E-state index contributed by atoms with van der Waals surface area (Å²) in [7, 11) is 0. The summed E-state index contributed by atoms with van der Waals surface area (Å²) in [5.41, 5.74) is 3.41. The summed E-state index contributed by atoms with van der Waals surface area (Å²) >= 11 is 3.51. The molecule has 0 spiro atoms. The molecule has 1 aromatic rings. The van der Waals surface area contributed by atoms with Gasteiger partial charge in [0.25, 0.3) is 5.69 Å². The van der Waals surface area contributed by atoms with Gasteiger partial charge in [0, 0.05) is 22.3 Å². The van der Waals surface area contributed by atoms with Crippen molar-refractivity contribution in [1.82, 2.24) is 0 Å². The van der Waals surface area contributed by atoms with Gasteiger partial charge >= 0.3 is 0 Å². The van der Waals surface area contributed by atoms with Crippen molar-refractivity contribution in [3.05, 3.63) is 50.0 Å². The summed E-state index contributed by atoms with van der Waals surface area (Å²) in [6.07, 6.45) is 0.774. The van der Waals surface area contributed by atoms with Crippen LogP contribution in [0, 0.1) is 10.1 Å². The van der Waals surface area contributed by atoms with Gasteiger partial charge in [0.2, 0.25) is 0 Å². The number of nitro groups is 1. The van der Waals surface area contributed by atoms with Crippen molar-refractivity contribution < 1.29 is 4.92 Å². The first kappa shape index (κ1) is 13.0. The van der Waals surface area contributed by atoms with E-state index in [1.54, 1.807) is 12.1 Å². The summed E-state index contributed by atoms with van der Waals surface area (Å²) < 4.78 is 1.08. The van der Waals surface area contributed by atoms with Gasteiger partial charge in [-0.2, -0.15) is 0 Å². The Morgan fingerprint density at radius 1 is 1.33 bits per heavy atom. The van der Waals surface area contributed by atoms with Crippen LogP contribution >= 0.6 is 15.9 Å². The van der Waals surface area contributed by atoms with Gasteiger partial charge in [-0.05, 0) is 47.3 Å². The van der Waals surface area contributed by atoms with Crippen molar-refractivity contribution in [1.29, 1.82) is 0 Å². The number of halogens is 1. The zero-order chi connectivity index (χ0) is 13.3. The minimum atomic E-state index is -0.386. The third-order valence-corrected chi connectivity index (χ3v) is 4.29. The quantitative estimate of drug-likeness (QED) is 0.632. The second-order valence-corrected chi connectivity index (χ2v) is 5.15. The highest BCUT2D eigenvalue weighted by Gasteiger charge is 2.21. The standard InChI is InChI=1S/C13H13BrN2O2/c1-8-12(15-9(2)13(8)14)7-10-3-5-11(6-4-10)16(17)18/h3-6,12H,7H2,1-2H3/t12-/m0/s1. The van der Waals surface area contributed by atoms with E-state index in [4.69, 9.17) is 0 Å². The fourth-order valence-electron chi connectivity index (χ4n) is 1.99. The second kappa shape index (κ2) is 5.02. The van der Waals surface area contributed by atoms with Gasteiger partial charge in [0.15, 0.2) is 0 Å². The van der Waals surface area contributed by atoms with Crippen LogP contribution in [0.1, 0.15) is 19.4 Å². The van der Waals surface area contributed by atoms with E-state index in [2.05, 4.69) is 27.8 Å². The van der Waals surface area contributed by atoms with E-state index in [-0.39, 0.29) is 16.7 Å². The summed E-state index contributed by atoms with van der Waals surface area (Å²) in [5, 5.41) is 10.6. The molecule has 0 bridgehead atoms. The Balaban J connectivity index is 2.14. The number of benzene rings is 1. The van der Waals surface area contributed by atoms with Gasteiger partial charge in [-0.1, -0.05) is 12.1 Å². The van der Waals surface area contributed by atoms with Crippen molar-refractivity contribution in [2.75, 3.05) is 0 Å². The molecule has 2 rings (SSSR count). The Morgan fingerprint density at radius 2 is 1.94 bits per heavy atom. The zero-order valence-electron chi connectivity index (χ0n) is 10.2. The van der Waals surface area contributed by atoms with E-state index in [9.17, 15) is 10.1 Å². The van der Waals surface area contributed by atoms with Crippen LogP contribution in [0.4, 0.5) is 5.69 Å². The predicted molar refractivity (Wildman–Crippen MR) is 75.3 cm³/mol. The lowest BCUT2D eigenvalue weighted by molar-refractivity contribution is -0.384. The molecule has 1 aromatic carbocycles. The fraction of sp³-hybridized carbons (Fsp3) is 0.308. The highest BCUT2D eigenvalue weighted by atomic mass is 79.9. The predicted octanol–water partition coefficient (Wildman–Crippen LogP) is 3.65. The van der Waals surface area contributed by atoms with E-state index >= 15 is 0 Å². The Hall–Kier alpha value is -1.49. The van der Waals surface area contributed by atoms with Crippen LogP contribution in [0.5, 0.6) is 0 Å². The SMILES string of the molecule is CC1=N[C@@H](Cc2ccc([N+](=O)[O-])cc2)C(C)=C1Br. The molecule has 0 saturated carbocycles. The molecule has 0 radical (unpaired) electrons. The van der Waals surface area contributed by atoms with Crippen LogP contribution in [0.2, 0.25) is 0 Å². The van der Waals surface area contributed by atoms with Gasteiger partial charge in [-0.15, -0.1) is 0 Å². The Labute approximate surface area is 114 Å². The number of aliphatic imine (C=N–C) groups is 1. The first-order valence-corrected chi connectivity index (χ1v) is 6.42. The fourth-order valence-corrected chi connectivity index (χ4v) is 2.36. The lowest BCUT2D eigenvalue weighted by Crippen LogP contribution is -2.07. The molecule has 0 fully saturated rings. The highest BCUT2D eigenvalue weighted by Crippen LogP contribution is 2.28. The number of non-ortho nitro benzene ring substituents is 1. The molecular formula is C13H13BrN2O2. The second-order valence-electron chi connectivity index (χ2n) is 4.35. The Kier molecular flexibility index (Phi) is 3.61. The van der Waals surface area contributed by atoms with E-state index in [0.717, 1.165) is 22.2 Å². The monoisotopic (exact) mass is 308 g/mol. The highest BCUT2D eigenvalue weighted by molar-refractivity contribution is 9.12. The summed E-state index contributed by atoms with van der Waals surface area (Å²) in [6.45, 7) is 4.03. The number of nitro benzene ring substituents is 1. The lowest BCUT2D eigenvalue weighted by Gasteiger charge is -2.09. The van der Waals surface area contributed by atoms with Crippen LogP contribution in [0.3, 0.4) is 0 Å². The lowest BCUT2D eigenvalue weighted by atomic mass is 10.0. The van der Waals surface area contributed by atoms with Crippen LogP contribution in [0.25, 0.3) is 0 Å². The van der Waals surface area contributed by atoms with Crippen LogP contribution < -0.4 is 0 Å². The first-order chi connectivity index (χ1) is 8.49. The molecule has 0 saturated heterocycles. The average Bonchev–Trinajstić information content (AvgIpc) is 2.58. The molecule has 1 heterocycles. The zero-order valence-corrected chi connectivity index (χ0v) is 11.8. The molecule has 5 heteroatoms. The molecule has 1 aliphatic rings. The normalized spacial score (nSPS) is 19.1. The number of rotatable bonds is 3. The van der Waals surface area contributed by atoms with Gasteiger partial charge in [0.1, 0.15) is 0 Å². The first-order valence-electron chi connectivity index (χ1n) is 5.63. The smallest absolute Gasteiger partial charge is 0.269 e. The minimum Gasteiger partial charge on any atom is -0.281 e. The van der Waals surface area contributed by atoms with E-state index in [1.165, 1.54) is 17.7 Å². The average molecular weight is 309 g/mol. The molecule has 1 aliphatic heterocycles. The third-order valence-electron chi connectivity index (χ3n) is 3.09. The molecule has 1 atom stereocenters. The van der Waals surface area contributed by atoms with Crippen molar-refractivity contribution in [2.24, 2.45) is 4.99 Å². The molecule has 0 amide bonds. The van der Waals surface area contributed by atoms with E-state index in [1.807, 2.05) is 6.92 Å². The van der Waals surface area contributed by atoms with Gasteiger partial charge in [0.05, 0.1) is 11.0 Å². The van der Waals surface area contributed by atoms with Crippen molar-refractivity contribution in [2.45, 2.75) is 26.3 Å². The topological polar surface area (TPSA) is 55.5 Å². The molecule has 0 unspecified atom stereocenters. The maximum atomic E-state index is 10.6. The largest absolute Gasteiger partial charge is 0.281 e. The molecule has 4 nitrogen and oxygen atoms in total. The molecule has 18 heavy (non-hydrogen) atoms. The number of hydrogen-bond donors (Lipinski definition) is 0. The van der Waals surface area contributed by atoms with Crippen LogP contribution in [0.15, 0.2) is 39.3 Å². The van der Waals surface area contributed by atoms with Gasteiger partial charge in [-0.3, -0.25) is 15.1 Å². The van der Waals surface area contributed by atoms with Gasteiger partial charge < -0.3 is 0 Å². The molecule has 0 aliphatic carbocycles. The molecule has 0 N–H and O–H groups in total. The van der Waals surface area contributed by atoms with E-state index < -0.39 is 0 Å². The maximum Gasteiger partial charge on any atom is 0.269 e. The Bertz CT molecular complexity index is 547. The maximum absolute atomic E-state index is 10.6. The van der Waals surface area contributed by atoms with E-state index in [0.29, 0.717) is 0 Å². The Morgan fingerprint density at radius 3 is 2.39 bits per heavy atom. The van der Waals surface area contributed by atoms with Crippen molar-refractivity contribution in [3.63, 3.8) is 0 Å². The van der Waals surface area contributed by atoms with Gasteiger partial charge in [-0.25, -0.2) is 0 Å². The molecule has 94 valence electrons. The minimum absolute atomic E-state index is 0.123. The number of nitrogens with zero attached hydrogens (tertiary/aromatic N) is 2. The molecular weight excluding hydrogens is 296 g/mol. The summed E-state index contributed by atoms with van der Waals surface area (Å²) in [6, 6.07) is 6.80. The van der Waals surface area contributed by atoms with Crippen molar-refractivity contribution >= 4 is 27.3 Å². The molecule has 0 aromatic heterocycles. The van der Waals surface area contributed by atoms with Crippen LogP contribution in [-0.4, -0.2) is 16.7 Å². The van der Waals surface area contributed by atoms with Crippen LogP contribution in [-0.2, 0) is 6.42 Å².